The smallest absolute Gasteiger partial charge is 0.126 e. The number of hydrogen-bond acceptors (Lipinski definition) is 4. The van der Waals surface area contributed by atoms with Gasteiger partial charge in [0.25, 0.3) is 0 Å². The molecule has 0 aliphatic heterocycles. The first-order chi connectivity index (χ1) is 9.79. The molecule has 3 rings (SSSR count). The lowest BCUT2D eigenvalue weighted by atomic mass is 9.98. The summed E-state index contributed by atoms with van der Waals surface area (Å²) in [6.07, 6.45) is 1.85. The Balaban J connectivity index is 2.03. The third kappa shape index (κ3) is 2.40. The first-order valence-corrected chi connectivity index (χ1v) is 7.28. The molecule has 0 aliphatic rings. The van der Waals surface area contributed by atoms with E-state index in [1.807, 2.05) is 36.4 Å². The fourth-order valence-electron chi connectivity index (χ4n) is 2.41. The fourth-order valence-corrected chi connectivity index (χ4v) is 3.04. The van der Waals surface area contributed by atoms with Gasteiger partial charge in [-0.1, -0.05) is 30.3 Å². The van der Waals surface area contributed by atoms with E-state index in [2.05, 4.69) is 4.98 Å². The zero-order valence-electron chi connectivity index (χ0n) is 11.1. The monoisotopic (exact) mass is 285 g/mol. The molecule has 0 aliphatic carbocycles. The lowest BCUT2D eigenvalue weighted by Crippen LogP contribution is -2.02. The molecule has 4 heteroatoms. The minimum Gasteiger partial charge on any atom is -0.496 e. The molecule has 3 aromatic rings. The Morgan fingerprint density at radius 2 is 2.00 bits per heavy atom. The summed E-state index contributed by atoms with van der Waals surface area (Å²) in [5, 5.41) is 12.5. The molecule has 0 saturated carbocycles. The van der Waals surface area contributed by atoms with Gasteiger partial charge < -0.3 is 9.84 Å². The van der Waals surface area contributed by atoms with Crippen LogP contribution in [0.3, 0.4) is 0 Å². The highest BCUT2D eigenvalue weighted by molar-refractivity contribution is 7.09. The van der Waals surface area contributed by atoms with Crippen molar-refractivity contribution in [2.45, 2.75) is 12.5 Å². The van der Waals surface area contributed by atoms with Crippen molar-refractivity contribution in [3.63, 3.8) is 0 Å². The molecule has 0 saturated heterocycles. The summed E-state index contributed by atoms with van der Waals surface area (Å²) in [5.41, 5.74) is 2.71. The van der Waals surface area contributed by atoms with Gasteiger partial charge in [0.2, 0.25) is 0 Å². The number of ether oxygens (including phenoxy) is 1. The number of rotatable bonds is 4. The van der Waals surface area contributed by atoms with E-state index in [0.717, 1.165) is 27.0 Å². The van der Waals surface area contributed by atoms with Crippen molar-refractivity contribution in [2.75, 3.05) is 7.11 Å². The minimum atomic E-state index is -0.536. The van der Waals surface area contributed by atoms with Crippen LogP contribution in [0.25, 0.3) is 10.8 Å². The molecule has 1 N–H and O–H groups in total. The van der Waals surface area contributed by atoms with E-state index >= 15 is 0 Å². The van der Waals surface area contributed by atoms with Crippen LogP contribution in [0.2, 0.25) is 0 Å². The largest absolute Gasteiger partial charge is 0.496 e. The van der Waals surface area contributed by atoms with Gasteiger partial charge in [-0.15, -0.1) is 11.3 Å². The van der Waals surface area contributed by atoms with E-state index in [0.29, 0.717) is 6.42 Å². The molecule has 1 atom stereocenters. The normalized spacial score (nSPS) is 12.5. The summed E-state index contributed by atoms with van der Waals surface area (Å²) in [5.74, 6) is 0.828. The van der Waals surface area contributed by atoms with E-state index in [-0.39, 0.29) is 0 Å². The van der Waals surface area contributed by atoms with Crippen LogP contribution in [0.5, 0.6) is 5.75 Å². The summed E-state index contributed by atoms with van der Waals surface area (Å²) in [6, 6.07) is 11.8. The molecule has 1 aromatic heterocycles. The average Bonchev–Trinajstić information content (AvgIpc) is 2.99. The Labute approximate surface area is 121 Å². The molecule has 0 radical (unpaired) electrons. The van der Waals surface area contributed by atoms with Crippen LogP contribution in [0, 0.1) is 0 Å². The first-order valence-electron chi connectivity index (χ1n) is 6.40. The minimum absolute atomic E-state index is 0.536. The maximum absolute atomic E-state index is 10.5. The van der Waals surface area contributed by atoms with Crippen molar-refractivity contribution in [2.24, 2.45) is 0 Å². The van der Waals surface area contributed by atoms with Crippen molar-refractivity contribution in [3.05, 3.63) is 58.5 Å². The lowest BCUT2D eigenvalue weighted by Gasteiger charge is -2.15. The van der Waals surface area contributed by atoms with Crippen molar-refractivity contribution in [1.29, 1.82) is 0 Å². The fraction of sp³-hybridized carbons (Fsp3) is 0.188. The summed E-state index contributed by atoms with van der Waals surface area (Å²) in [6.45, 7) is 0. The second kappa shape index (κ2) is 5.61. The standard InChI is InChI=1S/C16H15NO2S/c1-19-16-7-6-13(12-4-2-3-5-14(12)16)15(18)8-11-9-17-10-20-11/h2-7,9-10,15,18H,8H2,1H3. The van der Waals surface area contributed by atoms with Gasteiger partial charge in [0.15, 0.2) is 0 Å². The molecule has 0 spiro atoms. The van der Waals surface area contributed by atoms with E-state index < -0.39 is 6.10 Å². The predicted molar refractivity (Wildman–Crippen MR) is 81.3 cm³/mol. The Morgan fingerprint density at radius 3 is 2.70 bits per heavy atom. The maximum Gasteiger partial charge on any atom is 0.126 e. The van der Waals surface area contributed by atoms with Crippen molar-refractivity contribution in [1.82, 2.24) is 4.98 Å². The first kappa shape index (κ1) is 13.1. The highest BCUT2D eigenvalue weighted by Crippen LogP contribution is 2.32. The number of aliphatic hydroxyl groups excluding tert-OH is 1. The van der Waals surface area contributed by atoms with E-state index in [1.54, 1.807) is 30.2 Å². The molecule has 0 amide bonds. The highest BCUT2D eigenvalue weighted by Gasteiger charge is 2.14. The van der Waals surface area contributed by atoms with Gasteiger partial charge in [0, 0.05) is 22.9 Å². The summed E-state index contributed by atoms with van der Waals surface area (Å²) in [4.78, 5) is 5.13. The summed E-state index contributed by atoms with van der Waals surface area (Å²) < 4.78 is 5.38. The number of methoxy groups -OCH3 is 1. The van der Waals surface area contributed by atoms with Crippen LogP contribution >= 0.6 is 11.3 Å². The van der Waals surface area contributed by atoms with Crippen LogP contribution in [0.1, 0.15) is 16.5 Å². The SMILES string of the molecule is COc1ccc(C(O)Cc2cncs2)c2ccccc12. The molecule has 102 valence electrons. The third-order valence-corrected chi connectivity index (χ3v) is 4.18. The van der Waals surface area contributed by atoms with Crippen LogP contribution in [-0.4, -0.2) is 17.2 Å². The van der Waals surface area contributed by atoms with Gasteiger partial charge in [-0.2, -0.15) is 0 Å². The Bertz CT molecular complexity index is 710. The van der Waals surface area contributed by atoms with E-state index in [4.69, 9.17) is 4.74 Å². The number of nitrogens with zero attached hydrogens (tertiary/aromatic N) is 1. The van der Waals surface area contributed by atoms with Crippen molar-refractivity contribution < 1.29 is 9.84 Å². The Kier molecular flexibility index (Phi) is 3.67. The van der Waals surface area contributed by atoms with Gasteiger partial charge in [-0.05, 0) is 17.0 Å². The van der Waals surface area contributed by atoms with Crippen molar-refractivity contribution in [3.8, 4) is 5.75 Å². The van der Waals surface area contributed by atoms with Crippen LogP contribution < -0.4 is 4.74 Å². The number of hydrogen-bond donors (Lipinski definition) is 1. The molecule has 3 nitrogen and oxygen atoms in total. The molecule has 20 heavy (non-hydrogen) atoms. The quantitative estimate of drug-likeness (QED) is 0.796. The topological polar surface area (TPSA) is 42.4 Å². The van der Waals surface area contributed by atoms with Crippen molar-refractivity contribution >= 4 is 22.1 Å². The van der Waals surface area contributed by atoms with Gasteiger partial charge in [-0.3, -0.25) is 4.98 Å². The second-order valence-corrected chi connectivity index (χ2v) is 5.56. The number of aliphatic hydroxyl groups is 1. The predicted octanol–water partition coefficient (Wildman–Crippen LogP) is 3.58. The van der Waals surface area contributed by atoms with Gasteiger partial charge in [-0.25, -0.2) is 0 Å². The lowest BCUT2D eigenvalue weighted by molar-refractivity contribution is 0.181. The second-order valence-electron chi connectivity index (χ2n) is 4.59. The van der Waals surface area contributed by atoms with Gasteiger partial charge in [0.1, 0.15) is 5.75 Å². The maximum atomic E-state index is 10.5. The molecule has 1 heterocycles. The Hall–Kier alpha value is -1.91. The summed E-state index contributed by atoms with van der Waals surface area (Å²) in [7, 11) is 1.66. The van der Waals surface area contributed by atoms with E-state index in [1.165, 1.54) is 0 Å². The number of benzene rings is 2. The van der Waals surface area contributed by atoms with Crippen LogP contribution in [0.15, 0.2) is 48.1 Å². The average molecular weight is 285 g/mol. The van der Waals surface area contributed by atoms with E-state index in [9.17, 15) is 5.11 Å². The Morgan fingerprint density at radius 1 is 1.20 bits per heavy atom. The van der Waals surface area contributed by atoms with Crippen LogP contribution in [-0.2, 0) is 6.42 Å². The molecular formula is C16H15NO2S. The zero-order valence-corrected chi connectivity index (χ0v) is 11.9. The molecule has 0 fully saturated rings. The van der Waals surface area contributed by atoms with Crippen LogP contribution in [0.4, 0.5) is 0 Å². The highest BCUT2D eigenvalue weighted by atomic mass is 32.1. The molecular weight excluding hydrogens is 270 g/mol. The number of fused-ring (bicyclic) bond motifs is 1. The van der Waals surface area contributed by atoms with Gasteiger partial charge >= 0.3 is 0 Å². The molecule has 0 bridgehead atoms. The summed E-state index contributed by atoms with van der Waals surface area (Å²) >= 11 is 1.56. The number of thiazole rings is 1. The third-order valence-electron chi connectivity index (χ3n) is 3.37. The molecule has 2 aromatic carbocycles. The zero-order chi connectivity index (χ0) is 13.9. The van der Waals surface area contributed by atoms with Gasteiger partial charge in [0.05, 0.1) is 18.7 Å². The molecule has 1 unspecified atom stereocenters. The number of aromatic nitrogens is 1.